The summed E-state index contributed by atoms with van der Waals surface area (Å²) in [5.41, 5.74) is 5.74. The summed E-state index contributed by atoms with van der Waals surface area (Å²) in [7, 11) is 0. The van der Waals surface area contributed by atoms with E-state index < -0.39 is 0 Å². The molecule has 1 heterocycles. The van der Waals surface area contributed by atoms with E-state index in [0.29, 0.717) is 18.8 Å². The zero-order chi connectivity index (χ0) is 12.7. The molecule has 96 valence electrons. The smallest absolute Gasteiger partial charge is 0.273 e. The van der Waals surface area contributed by atoms with Crippen molar-refractivity contribution < 1.29 is 4.79 Å². The van der Waals surface area contributed by atoms with E-state index in [1.165, 1.54) is 0 Å². The standard InChI is InChI=1S/C11H21N5O/c1-3-4-5-9(2)13-11(17)10-8-16(7-6-12)15-14-10/h8-9H,3-7,12H2,1-2H3,(H,13,17). The number of carbonyl (C=O) groups is 1. The van der Waals surface area contributed by atoms with Crippen LogP contribution < -0.4 is 11.1 Å². The quantitative estimate of drug-likeness (QED) is 0.727. The lowest BCUT2D eigenvalue weighted by molar-refractivity contribution is 0.0933. The van der Waals surface area contributed by atoms with Gasteiger partial charge in [0.2, 0.25) is 0 Å². The summed E-state index contributed by atoms with van der Waals surface area (Å²) in [6.07, 6.45) is 4.85. The molecular formula is C11H21N5O. The SMILES string of the molecule is CCCCC(C)NC(=O)c1cn(CCN)nn1. The lowest BCUT2D eigenvalue weighted by Gasteiger charge is -2.11. The molecule has 1 unspecified atom stereocenters. The van der Waals surface area contributed by atoms with Gasteiger partial charge in [-0.05, 0) is 13.3 Å². The monoisotopic (exact) mass is 239 g/mol. The Morgan fingerprint density at radius 2 is 2.41 bits per heavy atom. The highest BCUT2D eigenvalue weighted by Crippen LogP contribution is 2.01. The summed E-state index contributed by atoms with van der Waals surface area (Å²) in [6, 6.07) is 0.169. The molecule has 0 fully saturated rings. The van der Waals surface area contributed by atoms with Crippen molar-refractivity contribution in [1.82, 2.24) is 20.3 Å². The van der Waals surface area contributed by atoms with Crippen LogP contribution in [0.4, 0.5) is 0 Å². The Labute approximate surface area is 102 Å². The van der Waals surface area contributed by atoms with Crippen molar-refractivity contribution >= 4 is 5.91 Å². The topological polar surface area (TPSA) is 85.8 Å². The fourth-order valence-corrected chi connectivity index (χ4v) is 1.52. The number of nitrogens with two attached hydrogens (primary N) is 1. The van der Waals surface area contributed by atoms with Crippen LogP contribution in [0.1, 0.15) is 43.6 Å². The number of rotatable bonds is 7. The van der Waals surface area contributed by atoms with Gasteiger partial charge in [-0.2, -0.15) is 0 Å². The van der Waals surface area contributed by atoms with Gasteiger partial charge in [-0.15, -0.1) is 5.10 Å². The second-order valence-corrected chi connectivity index (χ2v) is 4.17. The molecule has 0 aliphatic heterocycles. The van der Waals surface area contributed by atoms with Crippen molar-refractivity contribution in [3.05, 3.63) is 11.9 Å². The van der Waals surface area contributed by atoms with Crippen LogP contribution in [0, 0.1) is 0 Å². The predicted octanol–water partition coefficient (Wildman–Crippen LogP) is 0.545. The van der Waals surface area contributed by atoms with Crippen molar-refractivity contribution in [1.29, 1.82) is 0 Å². The first-order valence-corrected chi connectivity index (χ1v) is 6.08. The van der Waals surface area contributed by atoms with Crippen LogP contribution in [-0.2, 0) is 6.54 Å². The molecule has 0 aliphatic rings. The summed E-state index contributed by atoms with van der Waals surface area (Å²) in [4.78, 5) is 11.8. The molecule has 3 N–H and O–H groups in total. The summed E-state index contributed by atoms with van der Waals surface area (Å²) in [5.74, 6) is -0.170. The van der Waals surface area contributed by atoms with Gasteiger partial charge in [0.15, 0.2) is 5.69 Å². The maximum atomic E-state index is 11.8. The van der Waals surface area contributed by atoms with Crippen LogP contribution in [-0.4, -0.2) is 33.5 Å². The number of nitrogens with zero attached hydrogens (tertiary/aromatic N) is 3. The molecule has 0 spiro atoms. The van der Waals surface area contributed by atoms with E-state index >= 15 is 0 Å². The molecule has 1 aromatic heterocycles. The van der Waals surface area contributed by atoms with Crippen LogP contribution >= 0.6 is 0 Å². The third-order valence-electron chi connectivity index (χ3n) is 2.50. The van der Waals surface area contributed by atoms with E-state index in [1.54, 1.807) is 10.9 Å². The van der Waals surface area contributed by atoms with Gasteiger partial charge in [-0.3, -0.25) is 9.48 Å². The Hall–Kier alpha value is -1.43. The molecule has 0 bridgehead atoms. The third-order valence-corrected chi connectivity index (χ3v) is 2.50. The molecular weight excluding hydrogens is 218 g/mol. The number of amides is 1. The highest BCUT2D eigenvalue weighted by Gasteiger charge is 2.12. The maximum absolute atomic E-state index is 11.8. The first kappa shape index (κ1) is 13.6. The van der Waals surface area contributed by atoms with Gasteiger partial charge >= 0.3 is 0 Å². The number of hydrogen-bond donors (Lipinski definition) is 2. The van der Waals surface area contributed by atoms with Crippen molar-refractivity contribution in [2.24, 2.45) is 5.73 Å². The zero-order valence-corrected chi connectivity index (χ0v) is 10.5. The molecule has 6 heteroatoms. The zero-order valence-electron chi connectivity index (χ0n) is 10.5. The van der Waals surface area contributed by atoms with Crippen molar-refractivity contribution in [3.8, 4) is 0 Å². The number of unbranched alkanes of at least 4 members (excludes halogenated alkanes) is 1. The van der Waals surface area contributed by atoms with E-state index in [4.69, 9.17) is 5.73 Å². The van der Waals surface area contributed by atoms with Crippen LogP contribution in [0.3, 0.4) is 0 Å². The van der Waals surface area contributed by atoms with Gasteiger partial charge in [-0.1, -0.05) is 25.0 Å². The van der Waals surface area contributed by atoms with Crippen LogP contribution in [0.15, 0.2) is 6.20 Å². The molecule has 6 nitrogen and oxygen atoms in total. The maximum Gasteiger partial charge on any atom is 0.273 e. The first-order valence-electron chi connectivity index (χ1n) is 6.08. The normalized spacial score (nSPS) is 12.4. The minimum Gasteiger partial charge on any atom is -0.348 e. The van der Waals surface area contributed by atoms with Gasteiger partial charge in [0, 0.05) is 12.6 Å². The molecule has 0 aliphatic carbocycles. The Morgan fingerprint density at radius 3 is 3.06 bits per heavy atom. The van der Waals surface area contributed by atoms with Gasteiger partial charge in [0.25, 0.3) is 5.91 Å². The Morgan fingerprint density at radius 1 is 1.65 bits per heavy atom. The molecule has 0 aromatic carbocycles. The average molecular weight is 239 g/mol. The third kappa shape index (κ3) is 4.52. The summed E-state index contributed by atoms with van der Waals surface area (Å²) in [5, 5.41) is 10.5. The number of nitrogens with one attached hydrogen (secondary N) is 1. The van der Waals surface area contributed by atoms with E-state index in [0.717, 1.165) is 19.3 Å². The lowest BCUT2D eigenvalue weighted by Crippen LogP contribution is -2.32. The number of hydrogen-bond acceptors (Lipinski definition) is 4. The highest BCUT2D eigenvalue weighted by atomic mass is 16.2. The van der Waals surface area contributed by atoms with Crippen molar-refractivity contribution in [3.63, 3.8) is 0 Å². The largest absolute Gasteiger partial charge is 0.348 e. The van der Waals surface area contributed by atoms with E-state index in [2.05, 4.69) is 22.6 Å². The molecule has 1 rings (SSSR count). The first-order chi connectivity index (χ1) is 8.17. The van der Waals surface area contributed by atoms with Gasteiger partial charge < -0.3 is 11.1 Å². The summed E-state index contributed by atoms with van der Waals surface area (Å²) in [6.45, 7) is 5.19. The minimum atomic E-state index is -0.170. The summed E-state index contributed by atoms with van der Waals surface area (Å²) >= 11 is 0. The van der Waals surface area contributed by atoms with E-state index in [1.807, 2.05) is 6.92 Å². The number of aromatic nitrogens is 3. The minimum absolute atomic E-state index is 0.169. The summed E-state index contributed by atoms with van der Waals surface area (Å²) < 4.78 is 1.58. The van der Waals surface area contributed by atoms with E-state index in [-0.39, 0.29) is 11.9 Å². The molecule has 1 atom stereocenters. The molecule has 17 heavy (non-hydrogen) atoms. The van der Waals surface area contributed by atoms with Gasteiger partial charge in [0.05, 0.1) is 12.7 Å². The van der Waals surface area contributed by atoms with E-state index in [9.17, 15) is 4.79 Å². The number of carbonyl (C=O) groups excluding carboxylic acids is 1. The fourth-order valence-electron chi connectivity index (χ4n) is 1.52. The highest BCUT2D eigenvalue weighted by molar-refractivity contribution is 5.92. The fraction of sp³-hybridized carbons (Fsp3) is 0.727. The van der Waals surface area contributed by atoms with Crippen LogP contribution in [0.5, 0.6) is 0 Å². The molecule has 0 saturated heterocycles. The van der Waals surface area contributed by atoms with Crippen LogP contribution in [0.2, 0.25) is 0 Å². The lowest BCUT2D eigenvalue weighted by atomic mass is 10.1. The van der Waals surface area contributed by atoms with Crippen molar-refractivity contribution in [2.75, 3.05) is 6.54 Å². The van der Waals surface area contributed by atoms with Crippen LogP contribution in [0.25, 0.3) is 0 Å². The average Bonchev–Trinajstić information content (AvgIpc) is 2.75. The Kier molecular flexibility index (Phi) is 5.62. The predicted molar refractivity (Wildman–Crippen MR) is 65.5 cm³/mol. The molecule has 0 radical (unpaired) electrons. The molecule has 1 amide bonds. The Bertz CT molecular complexity index is 349. The van der Waals surface area contributed by atoms with Gasteiger partial charge in [-0.25, -0.2) is 0 Å². The van der Waals surface area contributed by atoms with Crippen molar-refractivity contribution in [2.45, 2.75) is 45.7 Å². The molecule has 1 aromatic rings. The van der Waals surface area contributed by atoms with Gasteiger partial charge in [0.1, 0.15) is 0 Å². The second kappa shape index (κ2) is 7.01. The molecule has 0 saturated carbocycles. The second-order valence-electron chi connectivity index (χ2n) is 4.17. The Balaban J connectivity index is 2.45.